The van der Waals surface area contributed by atoms with E-state index in [9.17, 15) is 9.59 Å². The number of amides is 2. The van der Waals surface area contributed by atoms with Gasteiger partial charge in [0.05, 0.1) is 6.07 Å². The van der Waals surface area contributed by atoms with E-state index >= 15 is 0 Å². The van der Waals surface area contributed by atoms with Crippen molar-refractivity contribution in [3.05, 3.63) is 51.5 Å². The van der Waals surface area contributed by atoms with E-state index in [1.54, 1.807) is 23.1 Å². The van der Waals surface area contributed by atoms with Gasteiger partial charge in [0.15, 0.2) is 11.5 Å². The molecule has 7 nitrogen and oxygen atoms in total. The number of nitriles is 1. The minimum Gasteiger partial charge on any atom is -0.454 e. The molecule has 2 heterocycles. The Morgan fingerprint density at radius 2 is 2.07 bits per heavy atom. The van der Waals surface area contributed by atoms with Gasteiger partial charge in [0.1, 0.15) is 6.42 Å². The number of carbonyl (C=O) groups is 2. The Bertz CT molecular complexity index is 999. The smallest absolute Gasteiger partial charge is 0.254 e. The van der Waals surface area contributed by atoms with Crippen molar-refractivity contribution < 1.29 is 19.1 Å². The minimum atomic E-state index is -0.410. The lowest BCUT2D eigenvalue weighted by Crippen LogP contribution is -2.23. The summed E-state index contributed by atoms with van der Waals surface area (Å²) in [5.41, 5.74) is 2.84. The monoisotopic (exact) mass is 427 g/mol. The molecule has 2 aromatic carbocycles. The molecule has 0 aliphatic carbocycles. The Hall–Kier alpha value is -3.05. The fourth-order valence-corrected chi connectivity index (χ4v) is 3.74. The molecule has 0 unspecified atom stereocenters. The third kappa shape index (κ3) is 3.34. The van der Waals surface area contributed by atoms with E-state index in [2.05, 4.69) is 21.2 Å². The summed E-state index contributed by atoms with van der Waals surface area (Å²) in [6.07, 6.45) is -0.237. The van der Waals surface area contributed by atoms with E-state index in [-0.39, 0.29) is 19.1 Å². The topological polar surface area (TPSA) is 91.7 Å². The van der Waals surface area contributed by atoms with Crippen LogP contribution in [0.25, 0.3) is 0 Å². The van der Waals surface area contributed by atoms with Crippen LogP contribution in [0.15, 0.2) is 34.8 Å². The average molecular weight is 428 g/mol. The molecule has 0 saturated carbocycles. The Morgan fingerprint density at radius 3 is 2.89 bits per heavy atom. The third-order valence-electron chi connectivity index (χ3n) is 4.40. The summed E-state index contributed by atoms with van der Waals surface area (Å²) in [7, 11) is 0. The molecule has 4 rings (SSSR count). The first-order valence-electron chi connectivity index (χ1n) is 8.22. The SMILES string of the molecule is N#CCC(=O)Nc1cc(Br)c2c(c1)C(=O)N(Cc1ccc3c(c1)OCO3)C2. The van der Waals surface area contributed by atoms with E-state index in [1.807, 2.05) is 18.2 Å². The van der Waals surface area contributed by atoms with Crippen LogP contribution in [0.1, 0.15) is 27.9 Å². The number of benzene rings is 2. The highest BCUT2D eigenvalue weighted by Crippen LogP contribution is 2.36. The average Bonchev–Trinajstić information content (AvgIpc) is 3.21. The van der Waals surface area contributed by atoms with E-state index in [0.717, 1.165) is 15.6 Å². The van der Waals surface area contributed by atoms with E-state index < -0.39 is 5.91 Å². The minimum absolute atomic E-state index is 0.111. The predicted octanol–water partition coefficient (Wildman–Crippen LogP) is 3.19. The van der Waals surface area contributed by atoms with Gasteiger partial charge in [-0.25, -0.2) is 0 Å². The first-order valence-corrected chi connectivity index (χ1v) is 9.01. The van der Waals surface area contributed by atoms with Crippen LogP contribution in [0.2, 0.25) is 0 Å². The van der Waals surface area contributed by atoms with Crippen LogP contribution in [0.4, 0.5) is 5.69 Å². The maximum atomic E-state index is 12.8. The van der Waals surface area contributed by atoms with Crippen LogP contribution in [0, 0.1) is 11.3 Å². The first-order chi connectivity index (χ1) is 13.0. The van der Waals surface area contributed by atoms with Crippen LogP contribution in [-0.2, 0) is 17.9 Å². The Kier molecular flexibility index (Phi) is 4.46. The second-order valence-electron chi connectivity index (χ2n) is 6.22. The van der Waals surface area contributed by atoms with Gasteiger partial charge in [-0.05, 0) is 35.4 Å². The van der Waals surface area contributed by atoms with Crippen LogP contribution < -0.4 is 14.8 Å². The highest BCUT2D eigenvalue weighted by molar-refractivity contribution is 9.10. The van der Waals surface area contributed by atoms with Gasteiger partial charge in [0.25, 0.3) is 5.91 Å². The molecule has 0 radical (unpaired) electrons. The van der Waals surface area contributed by atoms with E-state index in [4.69, 9.17) is 14.7 Å². The van der Waals surface area contributed by atoms with Crippen molar-refractivity contribution in [1.29, 1.82) is 5.26 Å². The summed E-state index contributed by atoms with van der Waals surface area (Å²) in [6, 6.07) is 10.8. The Morgan fingerprint density at radius 1 is 1.26 bits per heavy atom. The van der Waals surface area contributed by atoms with E-state index in [0.29, 0.717) is 35.8 Å². The van der Waals surface area contributed by atoms with E-state index in [1.165, 1.54) is 0 Å². The third-order valence-corrected chi connectivity index (χ3v) is 5.10. The number of fused-ring (bicyclic) bond motifs is 2. The molecule has 8 heteroatoms. The zero-order chi connectivity index (χ0) is 19.0. The molecule has 136 valence electrons. The quantitative estimate of drug-likeness (QED) is 0.808. The van der Waals surface area contributed by atoms with Crippen molar-refractivity contribution >= 4 is 33.4 Å². The first kappa shape index (κ1) is 17.4. The molecule has 0 aromatic heterocycles. The van der Waals surface area contributed by atoms with Crippen molar-refractivity contribution in [2.24, 2.45) is 0 Å². The van der Waals surface area contributed by atoms with Crippen LogP contribution in [0.3, 0.4) is 0 Å². The Balaban J connectivity index is 1.54. The fourth-order valence-electron chi connectivity index (χ4n) is 3.16. The van der Waals surface area contributed by atoms with Gasteiger partial charge < -0.3 is 19.7 Å². The Labute approximate surface area is 163 Å². The second-order valence-corrected chi connectivity index (χ2v) is 7.07. The number of hydrogen-bond acceptors (Lipinski definition) is 5. The summed E-state index contributed by atoms with van der Waals surface area (Å²) in [4.78, 5) is 26.2. The van der Waals surface area contributed by atoms with Gasteiger partial charge in [-0.3, -0.25) is 9.59 Å². The number of hydrogen-bond donors (Lipinski definition) is 1. The van der Waals surface area contributed by atoms with Crippen molar-refractivity contribution in [3.8, 4) is 17.6 Å². The lowest BCUT2D eigenvalue weighted by molar-refractivity contribution is -0.115. The second kappa shape index (κ2) is 6.93. The van der Waals surface area contributed by atoms with Crippen molar-refractivity contribution in [2.75, 3.05) is 12.1 Å². The molecule has 0 atom stereocenters. The molecule has 0 spiro atoms. The summed E-state index contributed by atoms with van der Waals surface area (Å²) in [6.45, 7) is 1.11. The molecule has 2 aromatic rings. The number of anilines is 1. The highest BCUT2D eigenvalue weighted by atomic mass is 79.9. The number of rotatable bonds is 4. The molecule has 2 amide bonds. The number of halogens is 1. The maximum Gasteiger partial charge on any atom is 0.254 e. The van der Waals surface area contributed by atoms with Gasteiger partial charge in [0, 0.05) is 28.8 Å². The molecule has 0 bridgehead atoms. The number of ether oxygens (including phenoxy) is 2. The van der Waals surface area contributed by atoms with Crippen molar-refractivity contribution in [3.63, 3.8) is 0 Å². The normalized spacial score (nSPS) is 14.1. The standard InChI is InChI=1S/C19H14BrN3O4/c20-15-7-12(22-18(24)3-4-21)6-13-14(15)9-23(19(13)25)8-11-1-2-16-17(5-11)27-10-26-16/h1-2,5-7H,3,8-10H2,(H,22,24). The lowest BCUT2D eigenvalue weighted by atomic mass is 10.1. The molecule has 1 N–H and O–H groups in total. The summed E-state index contributed by atoms with van der Waals surface area (Å²) in [5, 5.41) is 11.2. The number of nitrogens with one attached hydrogen (secondary N) is 1. The van der Waals surface area contributed by atoms with Gasteiger partial charge in [-0.1, -0.05) is 22.0 Å². The van der Waals surface area contributed by atoms with Gasteiger partial charge in [-0.15, -0.1) is 0 Å². The van der Waals surface area contributed by atoms with Crippen LogP contribution in [0.5, 0.6) is 11.5 Å². The summed E-state index contributed by atoms with van der Waals surface area (Å²) < 4.78 is 11.4. The maximum absolute atomic E-state index is 12.8. The zero-order valence-electron chi connectivity index (χ0n) is 14.1. The van der Waals surface area contributed by atoms with Crippen LogP contribution >= 0.6 is 15.9 Å². The predicted molar refractivity (Wildman–Crippen MR) is 99.1 cm³/mol. The molecule has 2 aliphatic rings. The molecule has 2 aliphatic heterocycles. The number of carbonyl (C=O) groups excluding carboxylic acids is 2. The molecule has 0 fully saturated rings. The molecule has 27 heavy (non-hydrogen) atoms. The van der Waals surface area contributed by atoms with Gasteiger partial charge >= 0.3 is 0 Å². The molecule has 0 saturated heterocycles. The summed E-state index contributed by atoms with van der Waals surface area (Å²) in [5.74, 6) is 0.863. The molecular weight excluding hydrogens is 414 g/mol. The molecular formula is C19H14BrN3O4. The number of nitrogens with zero attached hydrogens (tertiary/aromatic N) is 2. The highest BCUT2D eigenvalue weighted by Gasteiger charge is 2.30. The largest absolute Gasteiger partial charge is 0.454 e. The zero-order valence-corrected chi connectivity index (χ0v) is 15.7. The lowest BCUT2D eigenvalue weighted by Gasteiger charge is -2.16. The summed E-state index contributed by atoms with van der Waals surface area (Å²) >= 11 is 3.48. The van der Waals surface area contributed by atoms with Gasteiger partial charge in [-0.2, -0.15) is 5.26 Å². The van der Waals surface area contributed by atoms with Crippen molar-refractivity contribution in [2.45, 2.75) is 19.5 Å². The fraction of sp³-hybridized carbons (Fsp3) is 0.211. The van der Waals surface area contributed by atoms with Crippen LogP contribution in [-0.4, -0.2) is 23.5 Å². The van der Waals surface area contributed by atoms with Crippen molar-refractivity contribution in [1.82, 2.24) is 4.90 Å². The van der Waals surface area contributed by atoms with Gasteiger partial charge in [0.2, 0.25) is 12.7 Å².